The molecule has 0 bridgehead atoms. The van der Waals surface area contributed by atoms with Crippen LogP contribution in [0.2, 0.25) is 0 Å². The minimum Gasteiger partial charge on any atom is -0.368 e. The average Bonchev–Trinajstić information content (AvgIpc) is 3.62. The van der Waals surface area contributed by atoms with Crippen molar-refractivity contribution in [1.29, 1.82) is 0 Å². The van der Waals surface area contributed by atoms with Crippen LogP contribution < -0.4 is 10.2 Å². The molecule has 2 aliphatic rings. The van der Waals surface area contributed by atoms with Crippen LogP contribution in [0.3, 0.4) is 0 Å². The molecule has 5 rings (SSSR count). The maximum Gasteiger partial charge on any atom is 0.276 e. The van der Waals surface area contributed by atoms with Gasteiger partial charge in [0.1, 0.15) is 0 Å². The number of nitrogens with zero attached hydrogens (tertiary/aromatic N) is 4. The van der Waals surface area contributed by atoms with Gasteiger partial charge in [0.15, 0.2) is 5.69 Å². The number of aromatic nitrogens is 2. The summed E-state index contributed by atoms with van der Waals surface area (Å²) in [4.78, 5) is 29.4. The molecule has 1 aliphatic carbocycles. The van der Waals surface area contributed by atoms with Gasteiger partial charge in [0.2, 0.25) is 5.91 Å². The number of carbonyl (C=O) groups excluding carboxylic acids is 2. The van der Waals surface area contributed by atoms with E-state index in [1.165, 1.54) is 5.69 Å². The molecular weight excluding hydrogens is 426 g/mol. The molecule has 0 spiro atoms. The molecule has 34 heavy (non-hydrogen) atoms. The van der Waals surface area contributed by atoms with Crippen molar-refractivity contribution in [3.63, 3.8) is 0 Å². The van der Waals surface area contributed by atoms with E-state index in [2.05, 4.69) is 39.6 Å². The zero-order valence-electron chi connectivity index (χ0n) is 19.8. The molecule has 1 aliphatic heterocycles. The fraction of sp³-hybridized carbons (Fsp3) is 0.370. The van der Waals surface area contributed by atoms with E-state index in [0.717, 1.165) is 61.5 Å². The summed E-state index contributed by atoms with van der Waals surface area (Å²) < 4.78 is 1.87. The Hall–Kier alpha value is -3.61. The lowest BCUT2D eigenvalue weighted by molar-refractivity contribution is -0.132. The Morgan fingerprint density at radius 3 is 2.47 bits per heavy atom. The van der Waals surface area contributed by atoms with E-state index < -0.39 is 0 Å². The molecular formula is C27H31N5O2. The molecule has 1 N–H and O–H groups in total. The quantitative estimate of drug-likeness (QED) is 0.610. The smallest absolute Gasteiger partial charge is 0.276 e. The van der Waals surface area contributed by atoms with Gasteiger partial charge in [-0.3, -0.25) is 14.3 Å². The molecule has 2 fully saturated rings. The predicted octanol–water partition coefficient (Wildman–Crippen LogP) is 3.86. The third kappa shape index (κ3) is 4.98. The molecule has 2 amide bonds. The number of amides is 2. The normalized spacial score (nSPS) is 15.9. The van der Waals surface area contributed by atoms with Crippen molar-refractivity contribution in [2.75, 3.05) is 36.4 Å². The summed E-state index contributed by atoms with van der Waals surface area (Å²) in [6.45, 7) is 7.84. The van der Waals surface area contributed by atoms with Gasteiger partial charge in [-0.25, -0.2) is 0 Å². The Kier molecular flexibility index (Phi) is 6.09. The first-order valence-corrected chi connectivity index (χ1v) is 12.0. The van der Waals surface area contributed by atoms with E-state index in [0.29, 0.717) is 18.1 Å². The summed E-state index contributed by atoms with van der Waals surface area (Å²) in [5, 5.41) is 7.49. The number of hydrogen-bond acceptors (Lipinski definition) is 4. The molecule has 0 unspecified atom stereocenters. The minimum absolute atomic E-state index is 0.209. The first-order valence-electron chi connectivity index (χ1n) is 12.0. The van der Waals surface area contributed by atoms with Gasteiger partial charge in [-0.05, 0) is 68.1 Å². The number of carbonyl (C=O) groups is 2. The van der Waals surface area contributed by atoms with Gasteiger partial charge in [-0.15, -0.1) is 0 Å². The largest absolute Gasteiger partial charge is 0.368 e. The first kappa shape index (κ1) is 22.2. The highest BCUT2D eigenvalue weighted by Gasteiger charge is 2.34. The Balaban J connectivity index is 1.23. The second-order valence-electron chi connectivity index (χ2n) is 9.41. The summed E-state index contributed by atoms with van der Waals surface area (Å²) in [6.07, 6.45) is 2.12. The van der Waals surface area contributed by atoms with Gasteiger partial charge >= 0.3 is 0 Å². The second-order valence-corrected chi connectivity index (χ2v) is 9.41. The van der Waals surface area contributed by atoms with Crippen molar-refractivity contribution in [3.05, 3.63) is 77.1 Å². The minimum atomic E-state index is -0.209. The highest BCUT2D eigenvalue weighted by Crippen LogP contribution is 2.31. The first-order chi connectivity index (χ1) is 16.5. The molecule has 7 heteroatoms. The van der Waals surface area contributed by atoms with Crippen LogP contribution in [0.25, 0.3) is 0 Å². The van der Waals surface area contributed by atoms with Crippen LogP contribution in [0, 0.1) is 19.8 Å². The molecule has 176 valence electrons. The molecule has 2 aromatic carbocycles. The highest BCUT2D eigenvalue weighted by atomic mass is 16.2. The van der Waals surface area contributed by atoms with E-state index in [4.69, 9.17) is 0 Å². The standard InChI is InChI=1S/C27H31N5O2/c1-19-5-3-7-23(15-19)28-26(33)25-16-20(2)32(29-25)18-21-6-4-8-24(17-21)30-11-13-31(14-12-30)27(34)22-9-10-22/h3-8,15-17,22H,9-14,18H2,1-2H3,(H,28,33). The second kappa shape index (κ2) is 9.33. The van der Waals surface area contributed by atoms with Gasteiger partial charge in [0.05, 0.1) is 6.54 Å². The zero-order valence-corrected chi connectivity index (χ0v) is 19.8. The summed E-state index contributed by atoms with van der Waals surface area (Å²) in [5.41, 5.74) is 5.50. The topological polar surface area (TPSA) is 70.5 Å². The number of nitrogens with one attached hydrogen (secondary N) is 1. The average molecular weight is 458 g/mol. The van der Waals surface area contributed by atoms with Crippen LogP contribution in [0.4, 0.5) is 11.4 Å². The lowest BCUT2D eigenvalue weighted by Gasteiger charge is -2.36. The summed E-state index contributed by atoms with van der Waals surface area (Å²) >= 11 is 0. The van der Waals surface area contributed by atoms with Gasteiger partial charge in [-0.2, -0.15) is 5.10 Å². The van der Waals surface area contributed by atoms with Crippen molar-refractivity contribution in [2.24, 2.45) is 5.92 Å². The molecule has 3 aromatic rings. The van der Waals surface area contributed by atoms with Crippen molar-refractivity contribution in [3.8, 4) is 0 Å². The number of piperazine rings is 1. The molecule has 1 saturated heterocycles. The van der Waals surface area contributed by atoms with Gasteiger partial charge in [-0.1, -0.05) is 24.3 Å². The van der Waals surface area contributed by atoms with E-state index >= 15 is 0 Å². The van der Waals surface area contributed by atoms with E-state index in [1.54, 1.807) is 0 Å². The molecule has 0 radical (unpaired) electrons. The SMILES string of the molecule is Cc1cccc(NC(=O)c2cc(C)n(Cc3cccc(N4CCN(C(=O)C5CC5)CC4)c3)n2)c1. The van der Waals surface area contributed by atoms with Crippen molar-refractivity contribution < 1.29 is 9.59 Å². The molecule has 7 nitrogen and oxygen atoms in total. The fourth-order valence-electron chi connectivity index (χ4n) is 4.50. The van der Waals surface area contributed by atoms with Crippen LogP contribution in [-0.4, -0.2) is 52.7 Å². The maximum atomic E-state index is 12.7. The summed E-state index contributed by atoms with van der Waals surface area (Å²) in [6, 6.07) is 18.0. The fourth-order valence-corrected chi connectivity index (χ4v) is 4.50. The highest BCUT2D eigenvalue weighted by molar-refractivity contribution is 6.02. The van der Waals surface area contributed by atoms with Gasteiger partial charge < -0.3 is 15.1 Å². The Morgan fingerprint density at radius 2 is 1.74 bits per heavy atom. The Labute approximate surface area is 200 Å². The van der Waals surface area contributed by atoms with E-state index in [1.807, 2.05) is 53.8 Å². The number of benzene rings is 2. The van der Waals surface area contributed by atoms with Crippen LogP contribution in [0.1, 0.15) is 40.2 Å². The number of anilines is 2. The number of hydrogen-bond donors (Lipinski definition) is 1. The van der Waals surface area contributed by atoms with E-state index in [9.17, 15) is 9.59 Å². The van der Waals surface area contributed by atoms with Crippen LogP contribution >= 0.6 is 0 Å². The van der Waals surface area contributed by atoms with Gasteiger partial charge in [0, 0.05) is 49.2 Å². The van der Waals surface area contributed by atoms with Crippen molar-refractivity contribution in [1.82, 2.24) is 14.7 Å². The molecule has 1 saturated carbocycles. The lowest BCUT2D eigenvalue weighted by Crippen LogP contribution is -2.49. The van der Waals surface area contributed by atoms with Crippen LogP contribution in [0.5, 0.6) is 0 Å². The van der Waals surface area contributed by atoms with E-state index in [-0.39, 0.29) is 11.8 Å². The van der Waals surface area contributed by atoms with Gasteiger partial charge in [0.25, 0.3) is 5.91 Å². The summed E-state index contributed by atoms with van der Waals surface area (Å²) in [5.74, 6) is 0.417. The van der Waals surface area contributed by atoms with Crippen molar-refractivity contribution >= 4 is 23.2 Å². The molecule has 2 heterocycles. The maximum absolute atomic E-state index is 12.7. The van der Waals surface area contributed by atoms with Crippen LogP contribution in [0.15, 0.2) is 54.6 Å². The third-order valence-corrected chi connectivity index (χ3v) is 6.62. The molecule has 1 aromatic heterocycles. The van der Waals surface area contributed by atoms with Crippen molar-refractivity contribution in [2.45, 2.75) is 33.2 Å². The molecule has 0 atom stereocenters. The number of rotatable bonds is 6. The monoisotopic (exact) mass is 457 g/mol. The Bertz CT molecular complexity index is 1210. The predicted molar refractivity (Wildman–Crippen MR) is 133 cm³/mol. The van der Waals surface area contributed by atoms with Crippen LogP contribution in [-0.2, 0) is 11.3 Å². The summed E-state index contributed by atoms with van der Waals surface area (Å²) in [7, 11) is 0. The Morgan fingerprint density at radius 1 is 0.971 bits per heavy atom. The third-order valence-electron chi connectivity index (χ3n) is 6.62. The number of aryl methyl sites for hydroxylation is 2. The zero-order chi connectivity index (χ0) is 23.7. The lowest BCUT2D eigenvalue weighted by atomic mass is 10.1.